The number of hydrogen-bond donors (Lipinski definition) is 0. The quantitative estimate of drug-likeness (QED) is 0.772. The second-order valence-electron chi connectivity index (χ2n) is 6.18. The highest BCUT2D eigenvalue weighted by Crippen LogP contribution is 2.30. The van der Waals surface area contributed by atoms with E-state index >= 15 is 0 Å². The van der Waals surface area contributed by atoms with Crippen LogP contribution in [0.3, 0.4) is 0 Å². The summed E-state index contributed by atoms with van der Waals surface area (Å²) in [5.74, 6) is 0.274. The Morgan fingerprint density at radius 1 is 1.45 bits per heavy atom. The van der Waals surface area contributed by atoms with Crippen LogP contribution in [0.15, 0.2) is 22.6 Å². The molecule has 0 radical (unpaired) electrons. The summed E-state index contributed by atoms with van der Waals surface area (Å²) < 4.78 is 32.0. The van der Waals surface area contributed by atoms with E-state index in [4.69, 9.17) is 11.6 Å². The van der Waals surface area contributed by atoms with Crippen molar-refractivity contribution in [3.8, 4) is 0 Å². The van der Waals surface area contributed by atoms with E-state index in [0.717, 1.165) is 12.0 Å². The smallest absolute Gasteiger partial charge is 0.275 e. The minimum Gasteiger partial charge on any atom is -0.305 e. The summed E-state index contributed by atoms with van der Waals surface area (Å²) in [6, 6.07) is 5.27. The van der Waals surface area contributed by atoms with Crippen molar-refractivity contribution in [2.75, 3.05) is 27.2 Å². The first-order chi connectivity index (χ1) is 10.2. The van der Waals surface area contributed by atoms with Gasteiger partial charge >= 0.3 is 0 Å². The molecule has 1 aliphatic rings. The molecule has 0 aromatic heterocycles. The molecule has 1 fully saturated rings. The van der Waals surface area contributed by atoms with Crippen LogP contribution >= 0.6 is 11.6 Å². The summed E-state index contributed by atoms with van der Waals surface area (Å²) in [6.45, 7) is 4.92. The molecule has 7 heteroatoms. The normalized spacial score (nSPS) is 22.3. The minimum atomic E-state index is -3.91. The van der Waals surface area contributed by atoms with Crippen molar-refractivity contribution in [1.29, 1.82) is 0 Å². The van der Waals surface area contributed by atoms with E-state index in [1.807, 2.05) is 38.9 Å². The second kappa shape index (κ2) is 6.83. The van der Waals surface area contributed by atoms with Crippen LogP contribution in [0.5, 0.6) is 0 Å². The summed E-state index contributed by atoms with van der Waals surface area (Å²) in [5, 5.41) is 0.527. The molecule has 0 bridgehead atoms. The maximum atomic E-state index is 14.5. The molecule has 1 unspecified atom stereocenters. The van der Waals surface area contributed by atoms with Crippen molar-refractivity contribution in [2.45, 2.75) is 32.2 Å². The molecule has 1 saturated heterocycles. The average molecular weight is 348 g/mol. The first-order valence-electron chi connectivity index (χ1n) is 7.38. The van der Waals surface area contributed by atoms with E-state index in [1.54, 1.807) is 12.1 Å². The van der Waals surface area contributed by atoms with Gasteiger partial charge in [0.15, 0.2) is 0 Å². The third-order valence-electron chi connectivity index (χ3n) is 4.00. The lowest BCUT2D eigenvalue weighted by Crippen LogP contribution is -2.32. The van der Waals surface area contributed by atoms with E-state index in [0.29, 0.717) is 23.8 Å². The van der Waals surface area contributed by atoms with E-state index in [9.17, 15) is 8.09 Å². The minimum absolute atomic E-state index is 0.207. The maximum Gasteiger partial charge on any atom is 0.275 e. The number of hydrogen-bond acceptors (Lipinski definition) is 3. The SMILES string of the molecule is CC(C)c1ccc(N=S(=O)(F)N2CC[C@@H](N(C)C)C2)cc1Cl. The monoisotopic (exact) mass is 347 g/mol. The van der Waals surface area contributed by atoms with Crippen LogP contribution in [0.2, 0.25) is 5.02 Å². The fourth-order valence-corrected chi connectivity index (χ4v) is 4.13. The van der Waals surface area contributed by atoms with Gasteiger partial charge in [-0.2, -0.15) is 12.9 Å². The van der Waals surface area contributed by atoms with Gasteiger partial charge in [0, 0.05) is 24.2 Å². The Morgan fingerprint density at radius 3 is 2.64 bits per heavy atom. The Morgan fingerprint density at radius 2 is 2.14 bits per heavy atom. The molecule has 0 aliphatic carbocycles. The first-order valence-corrected chi connectivity index (χ1v) is 9.13. The van der Waals surface area contributed by atoms with E-state index in [2.05, 4.69) is 4.36 Å². The van der Waals surface area contributed by atoms with E-state index < -0.39 is 10.3 Å². The second-order valence-corrected chi connectivity index (χ2v) is 8.15. The number of likely N-dealkylation sites (N-methyl/N-ethyl adjacent to an activating group) is 1. The zero-order valence-electron chi connectivity index (χ0n) is 13.4. The third kappa shape index (κ3) is 3.98. The largest absolute Gasteiger partial charge is 0.305 e. The number of halogens is 2. The van der Waals surface area contributed by atoms with Crippen LogP contribution in [-0.2, 0) is 10.3 Å². The van der Waals surface area contributed by atoms with Gasteiger partial charge in [-0.1, -0.05) is 31.5 Å². The van der Waals surface area contributed by atoms with Crippen LogP contribution in [0.4, 0.5) is 9.57 Å². The molecular formula is C15H23ClFN3OS. The Hall–Kier alpha value is -0.690. The lowest BCUT2D eigenvalue weighted by Gasteiger charge is -2.19. The summed E-state index contributed by atoms with van der Waals surface area (Å²) in [6.07, 6.45) is 0.788. The molecule has 0 N–H and O–H groups in total. The Kier molecular flexibility index (Phi) is 5.48. The van der Waals surface area contributed by atoms with Gasteiger partial charge in [-0.25, -0.2) is 0 Å². The van der Waals surface area contributed by atoms with Gasteiger partial charge in [0.2, 0.25) is 0 Å². The predicted molar refractivity (Wildman–Crippen MR) is 90.5 cm³/mol. The van der Waals surface area contributed by atoms with Crippen LogP contribution in [0, 0.1) is 0 Å². The van der Waals surface area contributed by atoms with Crippen molar-refractivity contribution in [1.82, 2.24) is 9.21 Å². The van der Waals surface area contributed by atoms with Crippen LogP contribution in [-0.4, -0.2) is 46.6 Å². The predicted octanol–water partition coefficient (Wildman–Crippen LogP) is 4.00. The van der Waals surface area contributed by atoms with Crippen molar-refractivity contribution in [3.63, 3.8) is 0 Å². The molecule has 4 nitrogen and oxygen atoms in total. The van der Waals surface area contributed by atoms with Crippen LogP contribution in [0.1, 0.15) is 31.7 Å². The summed E-state index contributed by atoms with van der Waals surface area (Å²) in [4.78, 5) is 2.02. The third-order valence-corrected chi connectivity index (χ3v) is 5.73. The molecule has 0 saturated carbocycles. The molecule has 0 spiro atoms. The average Bonchev–Trinajstić information content (AvgIpc) is 2.88. The van der Waals surface area contributed by atoms with Crippen molar-refractivity contribution >= 4 is 27.6 Å². The molecule has 2 atom stereocenters. The Labute approximate surface area is 137 Å². The van der Waals surface area contributed by atoms with Crippen LogP contribution in [0.25, 0.3) is 0 Å². The standard InChI is InChI=1S/C15H23ClFN3OS/c1-11(2)14-6-5-12(9-15(14)16)18-22(17,21)20-8-7-13(10-20)19(3)4/h5-6,9,11,13H,7-8,10H2,1-4H3/t13-,22?/m1/s1. The van der Waals surface area contributed by atoms with Gasteiger partial charge in [0.1, 0.15) is 0 Å². The molecule has 1 aromatic rings. The fourth-order valence-electron chi connectivity index (χ4n) is 2.57. The Balaban J connectivity index is 2.24. The van der Waals surface area contributed by atoms with Crippen molar-refractivity contribution < 1.29 is 8.09 Å². The summed E-state index contributed by atoms with van der Waals surface area (Å²) in [5.41, 5.74) is 1.29. The maximum absolute atomic E-state index is 14.5. The topological polar surface area (TPSA) is 35.9 Å². The number of nitrogens with zero attached hydrogens (tertiary/aromatic N) is 3. The van der Waals surface area contributed by atoms with Gasteiger partial charge in [-0.15, -0.1) is 3.89 Å². The molecule has 0 amide bonds. The first kappa shape index (κ1) is 17.7. The fraction of sp³-hybridized carbons (Fsp3) is 0.600. The lowest BCUT2D eigenvalue weighted by atomic mass is 10.0. The van der Waals surface area contributed by atoms with Crippen LogP contribution < -0.4 is 0 Å². The van der Waals surface area contributed by atoms with E-state index in [-0.39, 0.29) is 12.0 Å². The zero-order valence-corrected chi connectivity index (χ0v) is 15.0. The summed E-state index contributed by atoms with van der Waals surface area (Å²) in [7, 11) is -0.0258. The molecule has 1 aliphatic heterocycles. The summed E-state index contributed by atoms with van der Waals surface area (Å²) >= 11 is 6.18. The Bertz CT molecular complexity index is 656. The van der Waals surface area contributed by atoms with Crippen molar-refractivity contribution in [3.05, 3.63) is 28.8 Å². The van der Waals surface area contributed by atoms with E-state index in [1.165, 1.54) is 4.31 Å². The highest BCUT2D eigenvalue weighted by molar-refractivity contribution is 7.86. The molecule has 1 aromatic carbocycles. The van der Waals surface area contributed by atoms with Gasteiger partial charge in [-0.05, 0) is 44.1 Å². The van der Waals surface area contributed by atoms with Gasteiger partial charge < -0.3 is 4.90 Å². The van der Waals surface area contributed by atoms with Gasteiger partial charge in [0.25, 0.3) is 10.3 Å². The molecule has 22 heavy (non-hydrogen) atoms. The highest BCUT2D eigenvalue weighted by Gasteiger charge is 2.31. The molecular weight excluding hydrogens is 325 g/mol. The number of benzene rings is 1. The molecule has 2 rings (SSSR count). The number of rotatable bonds is 4. The lowest BCUT2D eigenvalue weighted by molar-refractivity contribution is 0.302. The van der Waals surface area contributed by atoms with Gasteiger partial charge in [-0.3, -0.25) is 0 Å². The molecule has 1 heterocycles. The van der Waals surface area contributed by atoms with Crippen molar-refractivity contribution in [2.24, 2.45) is 4.36 Å². The van der Waals surface area contributed by atoms with Gasteiger partial charge in [0.05, 0.1) is 5.69 Å². The zero-order chi connectivity index (χ0) is 16.5. The molecule has 124 valence electrons. The highest BCUT2D eigenvalue weighted by atomic mass is 35.5.